The van der Waals surface area contributed by atoms with Crippen molar-refractivity contribution in [1.82, 2.24) is 9.38 Å². The second-order valence-corrected chi connectivity index (χ2v) is 7.35. The molecule has 3 aromatic rings. The summed E-state index contributed by atoms with van der Waals surface area (Å²) >= 11 is 7.59. The van der Waals surface area contributed by atoms with Gasteiger partial charge in [0, 0.05) is 29.1 Å². The van der Waals surface area contributed by atoms with Gasteiger partial charge in [0.25, 0.3) is 4.96 Å². The molecule has 0 amide bonds. The number of hydrogen-bond acceptors (Lipinski definition) is 6. The highest BCUT2D eigenvalue weighted by Gasteiger charge is 2.38. The molecule has 1 aliphatic rings. The zero-order valence-corrected chi connectivity index (χ0v) is 14.7. The number of piperidine rings is 1. The topological polar surface area (TPSA) is 83.9 Å². The van der Waals surface area contributed by atoms with Crippen LogP contribution in [0.15, 0.2) is 35.8 Å². The Hall–Kier alpha value is -2.16. The Labute approximate surface area is 152 Å². The van der Waals surface area contributed by atoms with Crippen LogP contribution in [0.5, 0.6) is 0 Å². The molecule has 0 bridgehead atoms. The number of benzene rings is 1. The van der Waals surface area contributed by atoms with E-state index in [0.717, 1.165) is 0 Å². The summed E-state index contributed by atoms with van der Waals surface area (Å²) < 4.78 is 1.49. The van der Waals surface area contributed by atoms with Crippen molar-refractivity contribution in [3.63, 3.8) is 0 Å². The molecule has 7 nitrogen and oxygen atoms in total. The van der Waals surface area contributed by atoms with E-state index in [9.17, 15) is 15.2 Å². The molecular formula is C16H15ClN4O3S. The van der Waals surface area contributed by atoms with E-state index in [2.05, 4.69) is 4.98 Å². The smallest absolute Gasteiger partial charge is 0.373 e. The molecule has 0 unspecified atom stereocenters. The molecule has 1 N–H and O–H groups in total. The highest BCUT2D eigenvalue weighted by Crippen LogP contribution is 2.39. The monoisotopic (exact) mass is 378 g/mol. The Morgan fingerprint density at radius 2 is 2.04 bits per heavy atom. The first-order valence-corrected chi connectivity index (χ1v) is 9.08. The van der Waals surface area contributed by atoms with E-state index in [1.807, 2.05) is 23.1 Å². The standard InChI is InChI=1S/C16H15ClN4O3S/c17-12-4-2-1-3-11(12)16(22)5-7-19(8-6-16)13-14(21(23)24)20-9-10-25-15(20)18-13/h1-4,9-10,22H,5-8H2. The molecule has 1 aromatic carbocycles. The predicted molar refractivity (Wildman–Crippen MR) is 96.5 cm³/mol. The first-order chi connectivity index (χ1) is 12.0. The summed E-state index contributed by atoms with van der Waals surface area (Å²) in [5.74, 6) is 0.331. The average molecular weight is 379 g/mol. The van der Waals surface area contributed by atoms with Gasteiger partial charge < -0.3 is 20.1 Å². The van der Waals surface area contributed by atoms with E-state index < -0.39 is 10.5 Å². The van der Waals surface area contributed by atoms with Crippen molar-refractivity contribution in [1.29, 1.82) is 0 Å². The summed E-state index contributed by atoms with van der Waals surface area (Å²) in [5, 5.41) is 24.8. The molecule has 130 valence electrons. The quantitative estimate of drug-likeness (QED) is 0.557. The number of nitrogens with zero attached hydrogens (tertiary/aromatic N) is 4. The van der Waals surface area contributed by atoms with Crippen LogP contribution in [0.4, 0.5) is 11.6 Å². The third kappa shape index (κ3) is 2.66. The van der Waals surface area contributed by atoms with Gasteiger partial charge in [-0.25, -0.2) is 0 Å². The van der Waals surface area contributed by atoms with Gasteiger partial charge in [-0.05, 0) is 23.8 Å². The van der Waals surface area contributed by atoms with Crippen LogP contribution >= 0.6 is 22.9 Å². The Kier molecular flexibility index (Phi) is 3.90. The highest BCUT2D eigenvalue weighted by atomic mass is 35.5. The van der Waals surface area contributed by atoms with E-state index >= 15 is 0 Å². The second kappa shape index (κ2) is 5.98. The van der Waals surface area contributed by atoms with Gasteiger partial charge >= 0.3 is 5.82 Å². The number of aliphatic hydroxyl groups is 1. The summed E-state index contributed by atoms with van der Waals surface area (Å²) in [6, 6.07) is 7.26. The molecule has 1 saturated heterocycles. The van der Waals surface area contributed by atoms with Crippen molar-refractivity contribution < 1.29 is 10.0 Å². The fraction of sp³-hybridized carbons (Fsp3) is 0.312. The zero-order valence-electron chi connectivity index (χ0n) is 13.1. The van der Waals surface area contributed by atoms with Crippen molar-refractivity contribution in [3.8, 4) is 0 Å². The van der Waals surface area contributed by atoms with Gasteiger partial charge in [-0.15, -0.1) is 0 Å². The van der Waals surface area contributed by atoms with E-state index in [1.165, 1.54) is 15.7 Å². The fourth-order valence-corrected chi connectivity index (χ4v) is 4.36. The number of thiazole rings is 1. The maximum Gasteiger partial charge on any atom is 0.373 e. The minimum atomic E-state index is -1.03. The van der Waals surface area contributed by atoms with Crippen LogP contribution in [0.25, 0.3) is 4.96 Å². The Morgan fingerprint density at radius 1 is 1.32 bits per heavy atom. The number of halogens is 1. The third-order valence-corrected chi connectivity index (χ3v) is 5.74. The van der Waals surface area contributed by atoms with E-state index in [0.29, 0.717) is 47.3 Å². The van der Waals surface area contributed by atoms with Crippen LogP contribution in [0.3, 0.4) is 0 Å². The van der Waals surface area contributed by atoms with Crippen molar-refractivity contribution in [3.05, 3.63) is 56.5 Å². The number of fused-ring (bicyclic) bond motifs is 1. The molecule has 0 radical (unpaired) electrons. The number of hydrogen-bond donors (Lipinski definition) is 1. The molecule has 4 rings (SSSR count). The fourth-order valence-electron chi connectivity index (χ4n) is 3.34. The summed E-state index contributed by atoms with van der Waals surface area (Å²) in [6.07, 6.45) is 2.51. The van der Waals surface area contributed by atoms with Crippen LogP contribution in [0.2, 0.25) is 5.02 Å². The van der Waals surface area contributed by atoms with Gasteiger partial charge in [-0.2, -0.15) is 9.38 Å². The van der Waals surface area contributed by atoms with Crippen molar-refractivity contribution in [2.75, 3.05) is 18.0 Å². The minimum absolute atomic E-state index is 0.0283. The van der Waals surface area contributed by atoms with Crippen molar-refractivity contribution in [2.45, 2.75) is 18.4 Å². The zero-order chi connectivity index (χ0) is 17.6. The van der Waals surface area contributed by atoms with E-state index in [-0.39, 0.29) is 5.82 Å². The molecule has 0 aliphatic carbocycles. The molecular weight excluding hydrogens is 364 g/mol. The Bertz CT molecular complexity index is 946. The van der Waals surface area contributed by atoms with Crippen LogP contribution in [-0.4, -0.2) is 32.5 Å². The van der Waals surface area contributed by atoms with Crippen LogP contribution in [0, 0.1) is 10.1 Å². The maximum atomic E-state index is 11.5. The number of aromatic nitrogens is 2. The summed E-state index contributed by atoms with van der Waals surface area (Å²) in [5.41, 5.74) is -0.322. The first kappa shape index (κ1) is 16.3. The van der Waals surface area contributed by atoms with E-state index in [4.69, 9.17) is 11.6 Å². The lowest BCUT2D eigenvalue weighted by molar-refractivity contribution is -0.389. The third-order valence-electron chi connectivity index (χ3n) is 4.66. The van der Waals surface area contributed by atoms with Gasteiger partial charge in [-0.1, -0.05) is 41.1 Å². The van der Waals surface area contributed by atoms with Gasteiger partial charge in [0.15, 0.2) is 0 Å². The average Bonchev–Trinajstić information content (AvgIpc) is 3.16. The van der Waals surface area contributed by atoms with Gasteiger partial charge in [0.1, 0.15) is 6.20 Å². The first-order valence-electron chi connectivity index (χ1n) is 7.82. The number of rotatable bonds is 3. The Balaban J connectivity index is 1.62. The molecule has 0 spiro atoms. The lowest BCUT2D eigenvalue weighted by Gasteiger charge is -2.38. The number of nitro groups is 1. The van der Waals surface area contributed by atoms with Crippen LogP contribution in [0.1, 0.15) is 18.4 Å². The molecule has 2 aromatic heterocycles. The molecule has 25 heavy (non-hydrogen) atoms. The van der Waals surface area contributed by atoms with Gasteiger partial charge in [0.2, 0.25) is 5.82 Å². The van der Waals surface area contributed by atoms with Crippen LogP contribution < -0.4 is 4.90 Å². The highest BCUT2D eigenvalue weighted by molar-refractivity contribution is 7.15. The Morgan fingerprint density at radius 3 is 2.72 bits per heavy atom. The summed E-state index contributed by atoms with van der Waals surface area (Å²) in [4.78, 5) is 18.0. The normalized spacial score (nSPS) is 17.1. The number of anilines is 1. The van der Waals surface area contributed by atoms with Crippen LogP contribution in [-0.2, 0) is 5.60 Å². The predicted octanol–water partition coefficient (Wildman–Crippen LogP) is 3.45. The second-order valence-electron chi connectivity index (χ2n) is 6.07. The molecule has 0 saturated carbocycles. The lowest BCUT2D eigenvalue weighted by Crippen LogP contribution is -2.43. The molecule has 1 aliphatic heterocycles. The number of imidazole rings is 1. The van der Waals surface area contributed by atoms with Crippen molar-refractivity contribution in [2.24, 2.45) is 0 Å². The molecule has 3 heterocycles. The lowest BCUT2D eigenvalue weighted by atomic mass is 9.84. The van der Waals surface area contributed by atoms with E-state index in [1.54, 1.807) is 17.6 Å². The van der Waals surface area contributed by atoms with Crippen molar-refractivity contribution >= 4 is 39.5 Å². The maximum absolute atomic E-state index is 11.5. The minimum Gasteiger partial charge on any atom is -0.385 e. The van der Waals surface area contributed by atoms with Gasteiger partial charge in [-0.3, -0.25) is 0 Å². The molecule has 9 heteroatoms. The van der Waals surface area contributed by atoms with Gasteiger partial charge in [0.05, 0.1) is 5.60 Å². The summed E-state index contributed by atoms with van der Waals surface area (Å²) in [6.45, 7) is 0.931. The largest absolute Gasteiger partial charge is 0.385 e. The molecule has 0 atom stereocenters. The SMILES string of the molecule is O=[N+]([O-])c1c(N2CCC(O)(c3ccccc3Cl)CC2)nc2sccn12. The summed E-state index contributed by atoms with van der Waals surface area (Å²) in [7, 11) is 0. The molecule has 1 fully saturated rings.